The molecule has 0 bridgehead atoms. The van der Waals surface area contributed by atoms with Gasteiger partial charge in [-0.1, -0.05) is 6.07 Å². The SMILES string of the molecule is COc1cc(C(=O)NCC(=O)N(C)C)ccc1C. The molecule has 0 saturated heterocycles. The van der Waals surface area contributed by atoms with Crippen molar-refractivity contribution in [1.29, 1.82) is 0 Å². The van der Waals surface area contributed by atoms with Crippen molar-refractivity contribution in [2.75, 3.05) is 27.7 Å². The third-order valence-corrected chi connectivity index (χ3v) is 2.57. The second kappa shape index (κ2) is 6.05. The van der Waals surface area contributed by atoms with E-state index in [4.69, 9.17) is 4.74 Å². The van der Waals surface area contributed by atoms with E-state index < -0.39 is 0 Å². The van der Waals surface area contributed by atoms with Crippen molar-refractivity contribution in [1.82, 2.24) is 10.2 Å². The second-order valence-electron chi connectivity index (χ2n) is 4.16. The van der Waals surface area contributed by atoms with Gasteiger partial charge in [0.15, 0.2) is 0 Å². The standard InChI is InChI=1S/C13H18N2O3/c1-9-5-6-10(7-11(9)18-4)13(17)14-8-12(16)15(2)3/h5-7H,8H2,1-4H3,(H,14,17). The van der Waals surface area contributed by atoms with Crippen LogP contribution in [0.5, 0.6) is 5.75 Å². The monoisotopic (exact) mass is 250 g/mol. The lowest BCUT2D eigenvalue weighted by molar-refractivity contribution is -0.127. The lowest BCUT2D eigenvalue weighted by atomic mass is 10.1. The Morgan fingerprint density at radius 1 is 1.33 bits per heavy atom. The number of methoxy groups -OCH3 is 1. The van der Waals surface area contributed by atoms with Crippen LogP contribution in [0, 0.1) is 6.92 Å². The number of aryl methyl sites for hydroxylation is 1. The Balaban J connectivity index is 2.70. The Morgan fingerprint density at radius 3 is 2.56 bits per heavy atom. The highest BCUT2D eigenvalue weighted by Gasteiger charge is 2.10. The minimum Gasteiger partial charge on any atom is -0.496 e. The number of hydrogen-bond donors (Lipinski definition) is 1. The first-order chi connectivity index (χ1) is 8.45. The summed E-state index contributed by atoms with van der Waals surface area (Å²) in [7, 11) is 4.84. The van der Waals surface area contributed by atoms with Crippen molar-refractivity contribution in [3.8, 4) is 5.75 Å². The minimum atomic E-state index is -0.288. The van der Waals surface area contributed by atoms with Crippen molar-refractivity contribution in [3.63, 3.8) is 0 Å². The van der Waals surface area contributed by atoms with Gasteiger partial charge in [-0.25, -0.2) is 0 Å². The molecule has 1 aromatic carbocycles. The van der Waals surface area contributed by atoms with Crippen LogP contribution in [0.15, 0.2) is 18.2 Å². The molecule has 1 aromatic rings. The molecule has 0 aliphatic rings. The number of rotatable bonds is 4. The summed E-state index contributed by atoms with van der Waals surface area (Å²) in [6.07, 6.45) is 0. The van der Waals surface area contributed by atoms with Crippen LogP contribution >= 0.6 is 0 Å². The van der Waals surface area contributed by atoms with Crippen LogP contribution in [-0.2, 0) is 4.79 Å². The maximum absolute atomic E-state index is 11.8. The van der Waals surface area contributed by atoms with Gasteiger partial charge in [-0.05, 0) is 24.6 Å². The molecular weight excluding hydrogens is 232 g/mol. The zero-order chi connectivity index (χ0) is 13.7. The maximum atomic E-state index is 11.8. The molecule has 1 N–H and O–H groups in total. The van der Waals surface area contributed by atoms with Gasteiger partial charge in [0.2, 0.25) is 5.91 Å². The molecular formula is C13H18N2O3. The Morgan fingerprint density at radius 2 is 2.00 bits per heavy atom. The number of nitrogens with one attached hydrogen (secondary N) is 1. The highest BCUT2D eigenvalue weighted by molar-refractivity contribution is 5.96. The number of amides is 2. The van der Waals surface area contributed by atoms with Crippen LogP contribution in [-0.4, -0.2) is 44.5 Å². The molecule has 0 unspecified atom stereocenters. The molecule has 0 radical (unpaired) electrons. The molecule has 1 rings (SSSR count). The summed E-state index contributed by atoms with van der Waals surface area (Å²) in [4.78, 5) is 24.6. The number of carbonyl (C=O) groups is 2. The summed E-state index contributed by atoms with van der Waals surface area (Å²) in [5, 5.41) is 2.57. The largest absolute Gasteiger partial charge is 0.496 e. The minimum absolute atomic E-state index is 0.0119. The maximum Gasteiger partial charge on any atom is 0.251 e. The Bertz CT molecular complexity index is 456. The predicted octanol–water partition coefficient (Wildman–Crippen LogP) is 0.822. The summed E-state index contributed by atoms with van der Waals surface area (Å²) >= 11 is 0. The van der Waals surface area contributed by atoms with Crippen LogP contribution < -0.4 is 10.1 Å². The first-order valence-electron chi connectivity index (χ1n) is 5.58. The molecule has 0 spiro atoms. The molecule has 0 saturated carbocycles. The average molecular weight is 250 g/mol. The summed E-state index contributed by atoms with van der Waals surface area (Å²) in [6.45, 7) is 1.89. The average Bonchev–Trinajstić information content (AvgIpc) is 2.35. The highest BCUT2D eigenvalue weighted by atomic mass is 16.5. The van der Waals surface area contributed by atoms with E-state index in [9.17, 15) is 9.59 Å². The number of hydrogen-bond acceptors (Lipinski definition) is 3. The summed E-state index contributed by atoms with van der Waals surface area (Å²) in [5.41, 5.74) is 1.43. The highest BCUT2D eigenvalue weighted by Crippen LogP contribution is 2.18. The van der Waals surface area contributed by atoms with Gasteiger partial charge >= 0.3 is 0 Å². The molecule has 0 heterocycles. The van der Waals surface area contributed by atoms with E-state index in [1.165, 1.54) is 4.90 Å². The molecule has 5 nitrogen and oxygen atoms in total. The van der Waals surface area contributed by atoms with E-state index in [0.717, 1.165) is 5.56 Å². The lowest BCUT2D eigenvalue weighted by Crippen LogP contribution is -2.36. The van der Waals surface area contributed by atoms with Gasteiger partial charge in [-0.3, -0.25) is 9.59 Å². The number of nitrogens with zero attached hydrogens (tertiary/aromatic N) is 1. The Kier molecular flexibility index (Phi) is 4.71. The fraction of sp³-hybridized carbons (Fsp3) is 0.385. The normalized spacial score (nSPS) is 9.78. The van der Waals surface area contributed by atoms with Gasteiger partial charge in [-0.2, -0.15) is 0 Å². The van der Waals surface area contributed by atoms with Crippen molar-refractivity contribution >= 4 is 11.8 Å². The van der Waals surface area contributed by atoms with Crippen LogP contribution in [0.2, 0.25) is 0 Å². The van der Waals surface area contributed by atoms with Crippen LogP contribution in [0.25, 0.3) is 0 Å². The lowest BCUT2D eigenvalue weighted by Gasteiger charge is -2.11. The van der Waals surface area contributed by atoms with Gasteiger partial charge < -0.3 is 15.0 Å². The zero-order valence-electron chi connectivity index (χ0n) is 11.1. The van der Waals surface area contributed by atoms with Crippen LogP contribution in [0.4, 0.5) is 0 Å². The van der Waals surface area contributed by atoms with Crippen molar-refractivity contribution < 1.29 is 14.3 Å². The fourth-order valence-electron chi connectivity index (χ4n) is 1.38. The molecule has 0 aromatic heterocycles. The van der Waals surface area contributed by atoms with Gasteiger partial charge in [-0.15, -0.1) is 0 Å². The van der Waals surface area contributed by atoms with E-state index in [1.54, 1.807) is 33.3 Å². The van der Waals surface area contributed by atoms with E-state index in [-0.39, 0.29) is 18.4 Å². The van der Waals surface area contributed by atoms with Crippen molar-refractivity contribution in [2.24, 2.45) is 0 Å². The first kappa shape index (κ1) is 14.0. The second-order valence-corrected chi connectivity index (χ2v) is 4.16. The van der Waals surface area contributed by atoms with Gasteiger partial charge in [0, 0.05) is 19.7 Å². The van der Waals surface area contributed by atoms with Gasteiger partial charge in [0.05, 0.1) is 13.7 Å². The predicted molar refractivity (Wildman–Crippen MR) is 68.8 cm³/mol. The number of likely N-dealkylation sites (N-methyl/N-ethyl adjacent to an activating group) is 1. The molecule has 0 atom stereocenters. The molecule has 0 fully saturated rings. The Hall–Kier alpha value is -2.04. The van der Waals surface area contributed by atoms with E-state index >= 15 is 0 Å². The zero-order valence-corrected chi connectivity index (χ0v) is 11.1. The molecule has 5 heteroatoms. The first-order valence-corrected chi connectivity index (χ1v) is 5.58. The smallest absolute Gasteiger partial charge is 0.251 e. The summed E-state index contributed by atoms with van der Waals surface area (Å²) in [6, 6.07) is 5.17. The third-order valence-electron chi connectivity index (χ3n) is 2.57. The quantitative estimate of drug-likeness (QED) is 0.860. The van der Waals surface area contributed by atoms with Gasteiger partial charge in [0.25, 0.3) is 5.91 Å². The van der Waals surface area contributed by atoms with E-state index in [1.807, 2.05) is 13.0 Å². The summed E-state index contributed by atoms with van der Waals surface area (Å²) in [5.74, 6) is 0.215. The fourth-order valence-corrected chi connectivity index (χ4v) is 1.38. The summed E-state index contributed by atoms with van der Waals surface area (Å²) < 4.78 is 5.14. The number of ether oxygens (including phenoxy) is 1. The van der Waals surface area contributed by atoms with E-state index in [0.29, 0.717) is 11.3 Å². The molecule has 2 amide bonds. The number of carbonyl (C=O) groups excluding carboxylic acids is 2. The van der Waals surface area contributed by atoms with Crippen molar-refractivity contribution in [2.45, 2.75) is 6.92 Å². The van der Waals surface area contributed by atoms with Crippen LogP contribution in [0.1, 0.15) is 15.9 Å². The van der Waals surface area contributed by atoms with Crippen LogP contribution in [0.3, 0.4) is 0 Å². The molecule has 0 aliphatic carbocycles. The van der Waals surface area contributed by atoms with Crippen molar-refractivity contribution in [3.05, 3.63) is 29.3 Å². The molecule has 98 valence electrons. The number of benzene rings is 1. The molecule has 18 heavy (non-hydrogen) atoms. The molecule has 0 aliphatic heterocycles. The van der Waals surface area contributed by atoms with Gasteiger partial charge in [0.1, 0.15) is 5.75 Å². The van der Waals surface area contributed by atoms with E-state index in [2.05, 4.69) is 5.32 Å². The third kappa shape index (κ3) is 3.48. The Labute approximate surface area is 107 Å². The topological polar surface area (TPSA) is 58.6 Å².